The van der Waals surface area contributed by atoms with E-state index in [1.54, 1.807) is 5.06 Å². The Bertz CT molecular complexity index is 938. The van der Waals surface area contributed by atoms with E-state index in [0.717, 1.165) is 51.0 Å². The van der Waals surface area contributed by atoms with Gasteiger partial charge in [-0.25, -0.2) is 0 Å². The second-order valence-electron chi connectivity index (χ2n) is 13.9. The average molecular weight is 441 g/mol. The number of hydrogen-bond acceptors (Lipinski definition) is 5. The first-order chi connectivity index (χ1) is 15.2. The fraction of sp³-hybridized carbons (Fsp3) is 0.926. The molecule has 0 radical (unpaired) electrons. The Balaban J connectivity index is 1.16. The number of piperidine rings is 1. The Kier molecular flexibility index (Phi) is 3.41. The van der Waals surface area contributed by atoms with Crippen LogP contribution in [0.4, 0.5) is 0 Å². The molecule has 8 aliphatic rings. The van der Waals surface area contributed by atoms with Gasteiger partial charge in [-0.3, -0.25) is 0 Å². The van der Waals surface area contributed by atoms with Gasteiger partial charge in [0.25, 0.3) is 0 Å². The van der Waals surface area contributed by atoms with Crippen molar-refractivity contribution in [1.82, 2.24) is 5.06 Å². The molecule has 5 nitrogen and oxygen atoms in total. The van der Waals surface area contributed by atoms with Crippen LogP contribution in [-0.2, 0) is 4.74 Å². The normalized spacial score (nSPS) is 66.4. The van der Waals surface area contributed by atoms with Gasteiger partial charge in [-0.2, -0.15) is 5.06 Å². The summed E-state index contributed by atoms with van der Waals surface area (Å²) in [6.07, 6.45) is 13.6. The summed E-state index contributed by atoms with van der Waals surface area (Å²) in [5.41, 5.74) is 9.64. The smallest absolute Gasteiger partial charge is 0.0793 e. The van der Waals surface area contributed by atoms with Gasteiger partial charge < -0.3 is 20.8 Å². The molecule has 5 saturated carbocycles. The van der Waals surface area contributed by atoms with Crippen molar-refractivity contribution in [3.63, 3.8) is 0 Å². The lowest BCUT2D eigenvalue weighted by Gasteiger charge is -2.60. The standard InChI is InChI=1S/C27H40N2O3/c1-15-9-21-22(29(31)12-15)20-11-25-13-24(25)14-26(28)19(18(24)6-8-27(20,25)32-21)4-3-16-10-17(30)5-7-23(16,26)2/h3,15,17-22,30-31H,4-14,28H2,1-2H3/t15-,17-,18-,19-,20+,21+,22-,23-,24?,25?,26+,27+/m0/s1. The Morgan fingerprint density at radius 1 is 1.16 bits per heavy atom. The number of aliphatic hydroxyl groups is 1. The van der Waals surface area contributed by atoms with E-state index >= 15 is 0 Å². The van der Waals surface area contributed by atoms with Crippen LogP contribution in [0.25, 0.3) is 0 Å². The summed E-state index contributed by atoms with van der Waals surface area (Å²) in [7, 11) is 0. The maximum Gasteiger partial charge on any atom is 0.0793 e. The van der Waals surface area contributed by atoms with Crippen LogP contribution in [0.5, 0.6) is 0 Å². The number of hydroxylamine groups is 2. The van der Waals surface area contributed by atoms with Gasteiger partial charge in [0.15, 0.2) is 0 Å². The zero-order chi connectivity index (χ0) is 21.9. The second-order valence-corrected chi connectivity index (χ2v) is 13.9. The third-order valence-corrected chi connectivity index (χ3v) is 13.1. The molecular formula is C27H40N2O3. The molecule has 4 N–H and O–H groups in total. The number of ether oxygens (including phenoxy) is 1. The molecule has 2 heterocycles. The maximum atomic E-state index is 10.8. The lowest BCUT2D eigenvalue weighted by molar-refractivity contribution is -0.212. The van der Waals surface area contributed by atoms with E-state index in [4.69, 9.17) is 10.5 Å². The highest BCUT2D eigenvalue weighted by Gasteiger charge is 2.93. The Hall–Kier alpha value is -0.460. The number of fused-ring (bicyclic) bond motifs is 6. The third kappa shape index (κ3) is 1.80. The quantitative estimate of drug-likeness (QED) is 0.502. The molecule has 32 heavy (non-hydrogen) atoms. The van der Waals surface area contributed by atoms with E-state index in [1.165, 1.54) is 31.3 Å². The minimum Gasteiger partial charge on any atom is -0.393 e. The van der Waals surface area contributed by atoms with Gasteiger partial charge in [0.2, 0.25) is 0 Å². The topological polar surface area (TPSA) is 79.0 Å². The van der Waals surface area contributed by atoms with Crippen LogP contribution < -0.4 is 5.73 Å². The van der Waals surface area contributed by atoms with Gasteiger partial charge in [-0.15, -0.1) is 0 Å². The minimum atomic E-state index is -0.182. The predicted octanol–water partition coefficient (Wildman–Crippen LogP) is 3.63. The SMILES string of the molecule is C[C@H]1C[C@H]2O[C@@]34CC[C@H]5[C@@H]6CC=C7C[C@@H](O)CC[C@]7(C)[C@@]6(N)CC56CC63C[C@@H]4[C@@H]2N(O)C1. The van der Waals surface area contributed by atoms with Gasteiger partial charge in [0.1, 0.15) is 0 Å². The summed E-state index contributed by atoms with van der Waals surface area (Å²) in [5, 5.41) is 22.9. The van der Waals surface area contributed by atoms with Gasteiger partial charge in [-0.1, -0.05) is 25.5 Å². The highest BCUT2D eigenvalue weighted by molar-refractivity contribution is 5.44. The highest BCUT2D eigenvalue weighted by Crippen LogP contribution is 2.93. The van der Waals surface area contributed by atoms with Crippen molar-refractivity contribution in [2.45, 2.75) is 107 Å². The van der Waals surface area contributed by atoms with Crippen LogP contribution in [0.2, 0.25) is 0 Å². The molecule has 2 unspecified atom stereocenters. The number of allylic oxidation sites excluding steroid dienone is 1. The molecule has 8 rings (SSSR count). The molecular weight excluding hydrogens is 400 g/mol. The van der Waals surface area contributed by atoms with Gasteiger partial charge in [-0.05, 0) is 87.4 Å². The van der Waals surface area contributed by atoms with Crippen LogP contribution in [0, 0.1) is 39.9 Å². The molecule has 176 valence electrons. The zero-order valence-electron chi connectivity index (χ0n) is 19.7. The fourth-order valence-electron chi connectivity index (χ4n) is 11.8. The van der Waals surface area contributed by atoms with E-state index in [1.807, 2.05) is 0 Å². The molecule has 0 bridgehead atoms. The summed E-state index contributed by atoms with van der Waals surface area (Å²) >= 11 is 0. The minimum absolute atomic E-state index is 0.00759. The molecule has 2 aliphatic heterocycles. The van der Waals surface area contributed by atoms with Crippen molar-refractivity contribution in [3.8, 4) is 0 Å². The summed E-state index contributed by atoms with van der Waals surface area (Å²) in [6.45, 7) is 5.48. The number of rotatable bonds is 0. The third-order valence-electron chi connectivity index (χ3n) is 13.1. The lowest BCUT2D eigenvalue weighted by Crippen LogP contribution is -2.64. The summed E-state index contributed by atoms with van der Waals surface area (Å²) in [4.78, 5) is 0. The van der Waals surface area contributed by atoms with Crippen LogP contribution >= 0.6 is 0 Å². The number of aliphatic hydroxyl groups excluding tert-OH is 1. The van der Waals surface area contributed by atoms with Crippen LogP contribution in [0.1, 0.15) is 78.1 Å². The molecule has 0 aromatic rings. The molecule has 7 fully saturated rings. The molecule has 0 aromatic carbocycles. The molecule has 12 atom stereocenters. The van der Waals surface area contributed by atoms with Gasteiger partial charge in [0, 0.05) is 28.8 Å². The van der Waals surface area contributed by atoms with E-state index in [0.29, 0.717) is 28.6 Å². The zero-order valence-corrected chi connectivity index (χ0v) is 19.7. The van der Waals surface area contributed by atoms with Gasteiger partial charge in [0.05, 0.1) is 23.9 Å². The van der Waals surface area contributed by atoms with Crippen molar-refractivity contribution in [1.29, 1.82) is 0 Å². The van der Waals surface area contributed by atoms with Crippen molar-refractivity contribution >= 4 is 0 Å². The summed E-state index contributed by atoms with van der Waals surface area (Å²) < 4.78 is 7.09. The Labute approximate surface area is 191 Å². The monoisotopic (exact) mass is 440 g/mol. The van der Waals surface area contributed by atoms with Gasteiger partial charge >= 0.3 is 0 Å². The fourth-order valence-corrected chi connectivity index (χ4v) is 11.8. The van der Waals surface area contributed by atoms with Crippen LogP contribution in [0.3, 0.4) is 0 Å². The largest absolute Gasteiger partial charge is 0.393 e. The first kappa shape index (κ1) is 19.8. The first-order valence-electron chi connectivity index (χ1n) is 13.5. The van der Waals surface area contributed by atoms with Crippen LogP contribution in [-0.4, -0.2) is 51.3 Å². The van der Waals surface area contributed by atoms with E-state index in [2.05, 4.69) is 19.9 Å². The second kappa shape index (κ2) is 5.51. The van der Waals surface area contributed by atoms with Crippen molar-refractivity contribution in [3.05, 3.63) is 11.6 Å². The predicted molar refractivity (Wildman–Crippen MR) is 120 cm³/mol. The molecule has 6 aliphatic carbocycles. The number of hydrogen-bond donors (Lipinski definition) is 3. The first-order valence-corrected chi connectivity index (χ1v) is 13.5. The molecule has 0 aromatic heterocycles. The number of nitrogens with two attached hydrogens (primary N) is 1. The highest BCUT2D eigenvalue weighted by atomic mass is 16.5. The molecule has 0 amide bonds. The molecule has 3 spiro atoms. The lowest BCUT2D eigenvalue weighted by atomic mass is 9.48. The van der Waals surface area contributed by atoms with Crippen molar-refractivity contribution in [2.75, 3.05) is 6.54 Å². The molecule has 2 saturated heterocycles. The maximum absolute atomic E-state index is 10.8. The number of nitrogens with zero attached hydrogens (tertiary/aromatic N) is 1. The molecule has 5 heteroatoms. The van der Waals surface area contributed by atoms with Crippen molar-refractivity contribution < 1.29 is 15.1 Å². The summed E-state index contributed by atoms with van der Waals surface area (Å²) in [6, 6.07) is 0.215. The summed E-state index contributed by atoms with van der Waals surface area (Å²) in [5.74, 6) is 2.33. The Morgan fingerprint density at radius 3 is 2.84 bits per heavy atom. The van der Waals surface area contributed by atoms with Crippen LogP contribution in [0.15, 0.2) is 11.6 Å². The Morgan fingerprint density at radius 2 is 2.00 bits per heavy atom. The van der Waals surface area contributed by atoms with Crippen molar-refractivity contribution in [2.24, 2.45) is 45.7 Å². The van der Waals surface area contributed by atoms with E-state index < -0.39 is 0 Å². The average Bonchev–Trinajstić information content (AvgIpc) is 3.23. The van der Waals surface area contributed by atoms with E-state index in [9.17, 15) is 10.3 Å². The van der Waals surface area contributed by atoms with E-state index in [-0.39, 0.29) is 34.8 Å².